The Balaban J connectivity index is 2.66. The molecule has 1 heterocycles. The standard InChI is InChI=1S/C10H16N2O2/c1-8(2)10-11-4-5-12(10)6-9(13)7-14-3/h4-5,8H,6-7H2,1-3H3. The van der Waals surface area contributed by atoms with Crippen molar-refractivity contribution in [2.24, 2.45) is 0 Å². The van der Waals surface area contributed by atoms with Gasteiger partial charge in [0.2, 0.25) is 0 Å². The quantitative estimate of drug-likeness (QED) is 0.711. The summed E-state index contributed by atoms with van der Waals surface area (Å²) in [5.41, 5.74) is 0. The lowest BCUT2D eigenvalue weighted by Gasteiger charge is -2.08. The van der Waals surface area contributed by atoms with Crippen LogP contribution in [0.5, 0.6) is 0 Å². The molecule has 0 unspecified atom stereocenters. The van der Waals surface area contributed by atoms with Gasteiger partial charge in [-0.05, 0) is 0 Å². The number of Topliss-reactive ketones (excluding diaryl/α,β-unsaturated/α-hetero) is 1. The van der Waals surface area contributed by atoms with Crippen molar-refractivity contribution in [2.75, 3.05) is 13.7 Å². The fourth-order valence-corrected chi connectivity index (χ4v) is 1.35. The summed E-state index contributed by atoms with van der Waals surface area (Å²) in [6.45, 7) is 4.62. The van der Waals surface area contributed by atoms with Crippen molar-refractivity contribution >= 4 is 5.78 Å². The van der Waals surface area contributed by atoms with Gasteiger partial charge in [-0.15, -0.1) is 0 Å². The summed E-state index contributed by atoms with van der Waals surface area (Å²) in [7, 11) is 1.52. The van der Waals surface area contributed by atoms with Crippen LogP contribution in [-0.4, -0.2) is 29.1 Å². The lowest BCUT2D eigenvalue weighted by atomic mass is 10.2. The highest BCUT2D eigenvalue weighted by Crippen LogP contribution is 2.11. The molecule has 0 amide bonds. The summed E-state index contributed by atoms with van der Waals surface area (Å²) >= 11 is 0. The van der Waals surface area contributed by atoms with Crippen LogP contribution in [0.1, 0.15) is 25.6 Å². The smallest absolute Gasteiger partial charge is 0.178 e. The molecule has 0 saturated carbocycles. The van der Waals surface area contributed by atoms with E-state index in [1.807, 2.05) is 10.8 Å². The van der Waals surface area contributed by atoms with Crippen molar-refractivity contribution in [2.45, 2.75) is 26.3 Å². The van der Waals surface area contributed by atoms with Gasteiger partial charge >= 0.3 is 0 Å². The number of nitrogens with zero attached hydrogens (tertiary/aromatic N) is 2. The Morgan fingerprint density at radius 1 is 1.64 bits per heavy atom. The van der Waals surface area contributed by atoms with Crippen molar-refractivity contribution in [3.8, 4) is 0 Å². The zero-order valence-electron chi connectivity index (χ0n) is 8.86. The number of ketones is 1. The highest BCUT2D eigenvalue weighted by molar-refractivity contribution is 5.79. The van der Waals surface area contributed by atoms with Crippen molar-refractivity contribution < 1.29 is 9.53 Å². The summed E-state index contributed by atoms with van der Waals surface area (Å²) in [4.78, 5) is 15.5. The van der Waals surface area contributed by atoms with E-state index >= 15 is 0 Å². The van der Waals surface area contributed by atoms with E-state index in [-0.39, 0.29) is 12.4 Å². The zero-order chi connectivity index (χ0) is 10.6. The maximum atomic E-state index is 11.3. The number of methoxy groups -OCH3 is 1. The number of carbonyl (C=O) groups excluding carboxylic acids is 1. The molecule has 0 aliphatic carbocycles. The van der Waals surface area contributed by atoms with Gasteiger partial charge in [0.1, 0.15) is 12.4 Å². The summed E-state index contributed by atoms with van der Waals surface area (Å²) in [5.74, 6) is 1.34. The lowest BCUT2D eigenvalue weighted by Crippen LogP contribution is -2.16. The van der Waals surface area contributed by atoms with Crippen LogP contribution >= 0.6 is 0 Å². The maximum Gasteiger partial charge on any atom is 0.178 e. The molecule has 0 spiro atoms. The summed E-state index contributed by atoms with van der Waals surface area (Å²) in [5, 5.41) is 0. The summed E-state index contributed by atoms with van der Waals surface area (Å²) in [6.07, 6.45) is 3.54. The van der Waals surface area contributed by atoms with Gasteiger partial charge in [-0.3, -0.25) is 4.79 Å². The molecule has 0 bridgehead atoms. The van der Waals surface area contributed by atoms with E-state index in [9.17, 15) is 4.79 Å². The molecule has 14 heavy (non-hydrogen) atoms. The van der Waals surface area contributed by atoms with Crippen LogP contribution in [-0.2, 0) is 16.1 Å². The highest BCUT2D eigenvalue weighted by atomic mass is 16.5. The van der Waals surface area contributed by atoms with E-state index in [1.165, 1.54) is 7.11 Å². The number of hydrogen-bond acceptors (Lipinski definition) is 3. The van der Waals surface area contributed by atoms with Gasteiger partial charge in [-0.2, -0.15) is 0 Å². The largest absolute Gasteiger partial charge is 0.377 e. The predicted octanol–water partition coefficient (Wildman–Crippen LogP) is 1.22. The van der Waals surface area contributed by atoms with Crippen LogP contribution in [0.25, 0.3) is 0 Å². The molecule has 0 radical (unpaired) electrons. The predicted molar refractivity (Wildman–Crippen MR) is 53.2 cm³/mol. The minimum Gasteiger partial charge on any atom is -0.377 e. The van der Waals surface area contributed by atoms with Crippen LogP contribution in [0.4, 0.5) is 0 Å². The van der Waals surface area contributed by atoms with E-state index in [1.54, 1.807) is 6.20 Å². The molecule has 0 aliphatic rings. The van der Waals surface area contributed by atoms with Gasteiger partial charge in [0.15, 0.2) is 5.78 Å². The second-order valence-corrected chi connectivity index (χ2v) is 3.54. The first kappa shape index (κ1) is 10.9. The SMILES string of the molecule is COCC(=O)Cn1ccnc1C(C)C. The van der Waals surface area contributed by atoms with Crippen LogP contribution < -0.4 is 0 Å². The first-order valence-corrected chi connectivity index (χ1v) is 4.66. The Labute approximate surface area is 83.9 Å². The van der Waals surface area contributed by atoms with Gasteiger partial charge in [0.25, 0.3) is 0 Å². The average Bonchev–Trinajstić information content (AvgIpc) is 2.52. The third-order valence-corrected chi connectivity index (χ3v) is 1.92. The molecule has 0 N–H and O–H groups in total. The minimum absolute atomic E-state index is 0.0624. The van der Waals surface area contributed by atoms with Crippen LogP contribution in [0, 0.1) is 0 Å². The molecule has 1 rings (SSSR count). The van der Waals surface area contributed by atoms with Gasteiger partial charge in [0, 0.05) is 25.4 Å². The molecular formula is C10H16N2O2. The van der Waals surface area contributed by atoms with Crippen molar-refractivity contribution in [1.82, 2.24) is 9.55 Å². The van der Waals surface area contributed by atoms with E-state index in [0.29, 0.717) is 12.5 Å². The first-order valence-electron chi connectivity index (χ1n) is 4.66. The molecule has 1 aromatic heterocycles. The van der Waals surface area contributed by atoms with Gasteiger partial charge in [0.05, 0.1) is 6.54 Å². The van der Waals surface area contributed by atoms with Crippen molar-refractivity contribution in [3.63, 3.8) is 0 Å². The van der Waals surface area contributed by atoms with E-state index in [4.69, 9.17) is 4.74 Å². The Morgan fingerprint density at radius 3 is 2.93 bits per heavy atom. The molecule has 0 saturated heterocycles. The lowest BCUT2D eigenvalue weighted by molar-refractivity contribution is -0.123. The van der Waals surface area contributed by atoms with Crippen LogP contribution in [0.3, 0.4) is 0 Å². The summed E-state index contributed by atoms with van der Waals surface area (Å²) < 4.78 is 6.64. The molecule has 0 aliphatic heterocycles. The summed E-state index contributed by atoms with van der Waals surface area (Å²) in [6, 6.07) is 0. The van der Waals surface area contributed by atoms with Gasteiger partial charge < -0.3 is 9.30 Å². The zero-order valence-corrected chi connectivity index (χ0v) is 8.86. The highest BCUT2D eigenvalue weighted by Gasteiger charge is 2.09. The molecule has 0 fully saturated rings. The second kappa shape index (κ2) is 4.91. The van der Waals surface area contributed by atoms with Gasteiger partial charge in [-0.25, -0.2) is 4.98 Å². The monoisotopic (exact) mass is 196 g/mol. The number of carbonyl (C=O) groups is 1. The Morgan fingerprint density at radius 2 is 2.36 bits per heavy atom. The average molecular weight is 196 g/mol. The molecule has 4 nitrogen and oxygen atoms in total. The first-order chi connectivity index (χ1) is 6.65. The van der Waals surface area contributed by atoms with Crippen LogP contribution in [0.15, 0.2) is 12.4 Å². The fourth-order valence-electron chi connectivity index (χ4n) is 1.35. The number of rotatable bonds is 5. The molecule has 1 aromatic rings. The Hall–Kier alpha value is -1.16. The molecule has 0 aromatic carbocycles. The normalized spacial score (nSPS) is 10.9. The van der Waals surface area contributed by atoms with Crippen molar-refractivity contribution in [1.29, 1.82) is 0 Å². The fraction of sp³-hybridized carbons (Fsp3) is 0.600. The number of aromatic nitrogens is 2. The van der Waals surface area contributed by atoms with E-state index in [2.05, 4.69) is 18.8 Å². The third kappa shape index (κ3) is 2.67. The Kier molecular flexibility index (Phi) is 3.83. The number of imidazole rings is 1. The molecule has 0 atom stereocenters. The molecule has 4 heteroatoms. The van der Waals surface area contributed by atoms with Crippen molar-refractivity contribution in [3.05, 3.63) is 18.2 Å². The number of hydrogen-bond donors (Lipinski definition) is 0. The number of ether oxygens (including phenoxy) is 1. The minimum atomic E-state index is 0.0624. The van der Waals surface area contributed by atoms with Gasteiger partial charge in [-0.1, -0.05) is 13.8 Å². The Bertz CT molecular complexity index is 305. The van der Waals surface area contributed by atoms with E-state index in [0.717, 1.165) is 5.82 Å². The van der Waals surface area contributed by atoms with Crippen LogP contribution in [0.2, 0.25) is 0 Å². The topological polar surface area (TPSA) is 44.1 Å². The van der Waals surface area contributed by atoms with E-state index < -0.39 is 0 Å². The third-order valence-electron chi connectivity index (χ3n) is 1.92. The molecular weight excluding hydrogens is 180 g/mol. The molecule has 78 valence electrons. The maximum absolute atomic E-state index is 11.3. The second-order valence-electron chi connectivity index (χ2n) is 3.54.